The van der Waals surface area contributed by atoms with Gasteiger partial charge in [-0.15, -0.1) is 0 Å². The standard InChI is InChI=1S/C10H22N4OSi/c1-16(2,3)7-6-15-8-10(12)4-5-13-9(11)14-10/h4-5H,6-8,12H2,1-3H3,(H3,11,13,14). The predicted octanol–water partition coefficient (Wildman–Crippen LogP) is 0.428. The monoisotopic (exact) mass is 242 g/mol. The number of ether oxygens (including phenoxy) is 1. The molecule has 6 heteroatoms. The van der Waals surface area contributed by atoms with Crippen molar-refractivity contribution in [2.24, 2.45) is 16.5 Å². The van der Waals surface area contributed by atoms with Crippen LogP contribution in [0.25, 0.3) is 0 Å². The van der Waals surface area contributed by atoms with Gasteiger partial charge in [0.1, 0.15) is 0 Å². The highest BCUT2D eigenvalue weighted by Gasteiger charge is 2.24. The smallest absolute Gasteiger partial charge is 0.194 e. The van der Waals surface area contributed by atoms with Crippen LogP contribution in [0, 0.1) is 0 Å². The molecule has 0 aromatic rings. The van der Waals surface area contributed by atoms with Crippen molar-refractivity contribution in [3.8, 4) is 0 Å². The summed E-state index contributed by atoms with van der Waals surface area (Å²) >= 11 is 0. The van der Waals surface area contributed by atoms with Gasteiger partial charge in [-0.2, -0.15) is 0 Å². The van der Waals surface area contributed by atoms with Crippen molar-refractivity contribution in [1.82, 2.24) is 5.32 Å². The molecule has 1 atom stereocenters. The van der Waals surface area contributed by atoms with E-state index in [9.17, 15) is 0 Å². The first-order valence-electron chi connectivity index (χ1n) is 5.47. The molecule has 0 spiro atoms. The average molecular weight is 242 g/mol. The van der Waals surface area contributed by atoms with Crippen LogP contribution >= 0.6 is 0 Å². The third-order valence-electron chi connectivity index (χ3n) is 2.26. The van der Waals surface area contributed by atoms with E-state index < -0.39 is 13.7 Å². The van der Waals surface area contributed by atoms with E-state index in [2.05, 4.69) is 30.0 Å². The number of guanidine groups is 1. The molecule has 0 amide bonds. The fraction of sp³-hybridized carbons (Fsp3) is 0.700. The van der Waals surface area contributed by atoms with Crippen LogP contribution in [0.5, 0.6) is 0 Å². The van der Waals surface area contributed by atoms with Gasteiger partial charge in [0.15, 0.2) is 11.6 Å². The van der Waals surface area contributed by atoms with Gasteiger partial charge in [0, 0.05) is 20.9 Å². The lowest BCUT2D eigenvalue weighted by Gasteiger charge is -2.25. The Bertz CT molecular complexity index is 298. The zero-order valence-corrected chi connectivity index (χ0v) is 11.3. The van der Waals surface area contributed by atoms with Crippen LogP contribution in [0.2, 0.25) is 25.7 Å². The number of hydrogen-bond acceptors (Lipinski definition) is 5. The fourth-order valence-corrected chi connectivity index (χ4v) is 2.02. The molecule has 92 valence electrons. The molecule has 1 unspecified atom stereocenters. The van der Waals surface area contributed by atoms with Gasteiger partial charge < -0.3 is 21.5 Å². The van der Waals surface area contributed by atoms with Crippen LogP contribution < -0.4 is 16.8 Å². The lowest BCUT2D eigenvalue weighted by molar-refractivity contribution is 0.113. The lowest BCUT2D eigenvalue weighted by atomic mass is 10.2. The molecule has 1 aliphatic rings. The largest absolute Gasteiger partial charge is 0.377 e. The van der Waals surface area contributed by atoms with Crippen molar-refractivity contribution in [2.45, 2.75) is 31.3 Å². The third-order valence-corrected chi connectivity index (χ3v) is 3.97. The summed E-state index contributed by atoms with van der Waals surface area (Å²) < 4.78 is 5.57. The Labute approximate surface area is 97.9 Å². The average Bonchev–Trinajstić information content (AvgIpc) is 2.11. The molecule has 0 saturated heterocycles. The van der Waals surface area contributed by atoms with Gasteiger partial charge >= 0.3 is 0 Å². The first kappa shape index (κ1) is 13.2. The van der Waals surface area contributed by atoms with Gasteiger partial charge in [-0.1, -0.05) is 19.6 Å². The zero-order chi connectivity index (χ0) is 12.2. The van der Waals surface area contributed by atoms with Gasteiger partial charge in [-0.05, 0) is 12.1 Å². The normalized spacial score (nSPS) is 25.1. The molecule has 1 aliphatic heterocycles. The third kappa shape index (κ3) is 4.78. The molecule has 1 heterocycles. The summed E-state index contributed by atoms with van der Waals surface area (Å²) in [5.74, 6) is 0.332. The second kappa shape index (κ2) is 4.99. The van der Waals surface area contributed by atoms with Crippen LogP contribution in [0.4, 0.5) is 0 Å². The van der Waals surface area contributed by atoms with Gasteiger partial charge in [-0.25, -0.2) is 4.99 Å². The molecule has 0 saturated carbocycles. The quantitative estimate of drug-likeness (QED) is 0.482. The van der Waals surface area contributed by atoms with E-state index >= 15 is 0 Å². The Hall–Kier alpha value is -0.853. The van der Waals surface area contributed by atoms with E-state index in [1.807, 2.05) is 0 Å². The van der Waals surface area contributed by atoms with E-state index in [0.29, 0.717) is 12.6 Å². The SMILES string of the molecule is C[Si](C)(C)CCOCC1(N)C=CNC(N)=N1. The molecule has 0 fully saturated rings. The van der Waals surface area contributed by atoms with Crippen LogP contribution in [0.15, 0.2) is 17.3 Å². The van der Waals surface area contributed by atoms with Crippen LogP contribution in [-0.4, -0.2) is 32.9 Å². The van der Waals surface area contributed by atoms with Crippen LogP contribution in [0.1, 0.15) is 0 Å². The zero-order valence-electron chi connectivity index (χ0n) is 10.3. The molecule has 0 bridgehead atoms. The summed E-state index contributed by atoms with van der Waals surface area (Å²) in [6, 6.07) is 1.13. The Morgan fingerprint density at radius 3 is 2.75 bits per heavy atom. The second-order valence-corrected chi connectivity index (χ2v) is 11.0. The summed E-state index contributed by atoms with van der Waals surface area (Å²) in [7, 11) is -1.04. The molecule has 5 nitrogen and oxygen atoms in total. The molecule has 16 heavy (non-hydrogen) atoms. The highest BCUT2D eigenvalue weighted by Crippen LogP contribution is 2.11. The van der Waals surface area contributed by atoms with Crippen molar-refractivity contribution in [3.05, 3.63) is 12.3 Å². The van der Waals surface area contributed by atoms with Crippen LogP contribution in [-0.2, 0) is 4.74 Å². The number of rotatable bonds is 5. The van der Waals surface area contributed by atoms with E-state index in [1.54, 1.807) is 12.3 Å². The Balaban J connectivity index is 2.32. The molecule has 0 radical (unpaired) electrons. The minimum absolute atomic E-state index is 0.332. The second-order valence-electron chi connectivity index (χ2n) is 5.33. The summed E-state index contributed by atoms with van der Waals surface area (Å²) in [5.41, 5.74) is 10.7. The molecule has 0 aliphatic carbocycles. The number of aliphatic imine (C=N–C) groups is 1. The minimum Gasteiger partial charge on any atom is -0.377 e. The summed E-state index contributed by atoms with van der Waals surface area (Å²) in [4.78, 5) is 4.11. The molecular weight excluding hydrogens is 220 g/mol. The summed E-state index contributed by atoms with van der Waals surface area (Å²) in [6.07, 6.45) is 3.46. The maximum atomic E-state index is 5.99. The van der Waals surface area contributed by atoms with Crippen molar-refractivity contribution in [1.29, 1.82) is 0 Å². The van der Waals surface area contributed by atoms with E-state index in [4.69, 9.17) is 16.2 Å². The first-order valence-corrected chi connectivity index (χ1v) is 9.18. The lowest BCUT2D eigenvalue weighted by Crippen LogP contribution is -2.47. The first-order chi connectivity index (χ1) is 7.31. The van der Waals surface area contributed by atoms with Crippen molar-refractivity contribution in [2.75, 3.05) is 13.2 Å². The molecule has 0 aromatic heterocycles. The Kier molecular flexibility index (Phi) is 4.12. The number of nitrogens with one attached hydrogen (secondary N) is 1. The topological polar surface area (TPSA) is 85.7 Å². The van der Waals surface area contributed by atoms with Crippen molar-refractivity contribution in [3.63, 3.8) is 0 Å². The van der Waals surface area contributed by atoms with Crippen molar-refractivity contribution >= 4 is 14.0 Å². The summed E-state index contributed by atoms with van der Waals surface area (Å²) in [5, 5.41) is 2.77. The molecular formula is C10H22N4OSi. The molecule has 1 rings (SSSR count). The van der Waals surface area contributed by atoms with E-state index in [-0.39, 0.29) is 0 Å². The van der Waals surface area contributed by atoms with Gasteiger partial charge in [0.05, 0.1) is 6.61 Å². The van der Waals surface area contributed by atoms with Crippen molar-refractivity contribution < 1.29 is 4.74 Å². The predicted molar refractivity (Wildman–Crippen MR) is 69.8 cm³/mol. The van der Waals surface area contributed by atoms with E-state index in [0.717, 1.165) is 12.7 Å². The van der Waals surface area contributed by atoms with E-state index in [1.165, 1.54) is 0 Å². The Morgan fingerprint density at radius 2 is 2.19 bits per heavy atom. The van der Waals surface area contributed by atoms with Gasteiger partial charge in [0.25, 0.3) is 0 Å². The number of nitrogens with zero attached hydrogens (tertiary/aromatic N) is 1. The maximum Gasteiger partial charge on any atom is 0.194 e. The number of hydrogen-bond donors (Lipinski definition) is 3. The molecule has 5 N–H and O–H groups in total. The van der Waals surface area contributed by atoms with Crippen LogP contribution in [0.3, 0.4) is 0 Å². The number of nitrogens with two attached hydrogens (primary N) is 2. The van der Waals surface area contributed by atoms with Gasteiger partial charge in [-0.3, -0.25) is 0 Å². The highest BCUT2D eigenvalue weighted by molar-refractivity contribution is 6.76. The minimum atomic E-state index is -1.04. The van der Waals surface area contributed by atoms with Gasteiger partial charge in [0.2, 0.25) is 0 Å². The maximum absolute atomic E-state index is 5.99. The summed E-state index contributed by atoms with van der Waals surface area (Å²) in [6.45, 7) is 8.06. The fourth-order valence-electron chi connectivity index (χ4n) is 1.26. The Morgan fingerprint density at radius 1 is 1.50 bits per heavy atom. The molecule has 0 aromatic carbocycles. The highest BCUT2D eigenvalue weighted by atomic mass is 28.3.